The smallest absolute Gasteiger partial charge is 0.149 e. The van der Waals surface area contributed by atoms with Gasteiger partial charge in [0, 0.05) is 24.0 Å². The van der Waals surface area contributed by atoms with Gasteiger partial charge in [0.25, 0.3) is 0 Å². The molecule has 0 spiro atoms. The molecular weight excluding hydrogens is 358 g/mol. The maximum Gasteiger partial charge on any atom is 0.149 e. The van der Waals surface area contributed by atoms with E-state index in [1.807, 2.05) is 31.3 Å². The summed E-state index contributed by atoms with van der Waals surface area (Å²) in [5.41, 5.74) is 6.39. The Kier molecular flexibility index (Phi) is 3.83. The maximum absolute atomic E-state index is 6.52. The van der Waals surface area contributed by atoms with Crippen molar-refractivity contribution in [2.24, 2.45) is 0 Å². The fourth-order valence-electron chi connectivity index (χ4n) is 3.66. The molecular formula is C21H18ClN5. The van der Waals surface area contributed by atoms with E-state index in [9.17, 15) is 0 Å². The van der Waals surface area contributed by atoms with E-state index in [1.54, 1.807) is 6.20 Å². The van der Waals surface area contributed by atoms with Gasteiger partial charge in [0.1, 0.15) is 11.6 Å². The third-order valence-electron chi connectivity index (χ3n) is 4.95. The first-order valence-electron chi connectivity index (χ1n) is 9.03. The molecule has 27 heavy (non-hydrogen) atoms. The van der Waals surface area contributed by atoms with Gasteiger partial charge < -0.3 is 9.88 Å². The number of benzene rings is 1. The van der Waals surface area contributed by atoms with Gasteiger partial charge >= 0.3 is 0 Å². The van der Waals surface area contributed by atoms with Gasteiger partial charge in [-0.25, -0.2) is 9.97 Å². The summed E-state index contributed by atoms with van der Waals surface area (Å²) < 4.78 is 2.29. The second-order valence-electron chi connectivity index (χ2n) is 6.84. The maximum atomic E-state index is 6.52. The summed E-state index contributed by atoms with van der Waals surface area (Å²) >= 11 is 6.52. The van der Waals surface area contributed by atoms with E-state index in [2.05, 4.69) is 38.1 Å². The van der Waals surface area contributed by atoms with Crippen LogP contribution in [0.1, 0.15) is 17.7 Å². The zero-order valence-electron chi connectivity index (χ0n) is 14.9. The number of imidazole rings is 1. The number of pyridine rings is 2. The van der Waals surface area contributed by atoms with Crippen LogP contribution in [0.2, 0.25) is 5.02 Å². The number of aryl methyl sites for hydroxylation is 3. The van der Waals surface area contributed by atoms with Crippen molar-refractivity contribution in [3.63, 3.8) is 0 Å². The van der Waals surface area contributed by atoms with E-state index < -0.39 is 0 Å². The highest BCUT2D eigenvalue weighted by molar-refractivity contribution is 6.33. The molecule has 5 nitrogen and oxygen atoms in total. The van der Waals surface area contributed by atoms with Crippen molar-refractivity contribution in [3.8, 4) is 11.4 Å². The molecule has 0 fully saturated rings. The molecule has 4 aromatic rings. The molecule has 0 radical (unpaired) electrons. The lowest BCUT2D eigenvalue weighted by molar-refractivity contribution is 0.637. The van der Waals surface area contributed by atoms with Crippen LogP contribution in [0.15, 0.2) is 48.8 Å². The molecule has 0 unspecified atom stereocenters. The van der Waals surface area contributed by atoms with Crippen LogP contribution < -0.4 is 5.32 Å². The Morgan fingerprint density at radius 1 is 1.11 bits per heavy atom. The number of halogens is 1. The predicted molar refractivity (Wildman–Crippen MR) is 109 cm³/mol. The van der Waals surface area contributed by atoms with Crippen LogP contribution in [0.25, 0.3) is 22.4 Å². The SMILES string of the molecule is Cc1ccc(Nc2ncc(-c3nc4cccc5c4n3CCC5)cc2Cl)cn1. The van der Waals surface area contributed by atoms with Gasteiger partial charge in [-0.1, -0.05) is 23.7 Å². The lowest BCUT2D eigenvalue weighted by Crippen LogP contribution is -2.08. The molecule has 1 aliphatic heterocycles. The Morgan fingerprint density at radius 2 is 2.04 bits per heavy atom. The average molecular weight is 376 g/mol. The number of anilines is 2. The second-order valence-corrected chi connectivity index (χ2v) is 7.25. The van der Waals surface area contributed by atoms with Crippen molar-refractivity contribution < 1.29 is 0 Å². The van der Waals surface area contributed by atoms with Crippen LogP contribution in [-0.4, -0.2) is 19.5 Å². The fraction of sp³-hybridized carbons (Fsp3) is 0.190. The Morgan fingerprint density at radius 3 is 2.85 bits per heavy atom. The van der Waals surface area contributed by atoms with E-state index in [0.29, 0.717) is 10.8 Å². The third kappa shape index (κ3) is 2.84. The topological polar surface area (TPSA) is 55.6 Å². The normalized spacial score (nSPS) is 13.1. The number of aromatic nitrogens is 4. The van der Waals surface area contributed by atoms with Crippen molar-refractivity contribution in [1.29, 1.82) is 0 Å². The quantitative estimate of drug-likeness (QED) is 0.538. The zero-order valence-corrected chi connectivity index (χ0v) is 15.7. The van der Waals surface area contributed by atoms with Crippen LogP contribution in [0.5, 0.6) is 0 Å². The van der Waals surface area contributed by atoms with Crippen LogP contribution in [-0.2, 0) is 13.0 Å². The standard InChI is InChI=1S/C21H18ClN5/c1-13-7-8-16(12-23-13)25-20-17(22)10-15(11-24-20)21-26-18-6-2-4-14-5-3-9-27(21)19(14)18/h2,4,6-8,10-12H,3,5,9H2,1H3,(H,24,25). The first-order valence-corrected chi connectivity index (χ1v) is 9.40. The van der Waals surface area contributed by atoms with E-state index in [0.717, 1.165) is 47.7 Å². The minimum atomic E-state index is 0.559. The van der Waals surface area contributed by atoms with E-state index in [4.69, 9.17) is 16.6 Å². The lowest BCUT2D eigenvalue weighted by atomic mass is 10.0. The molecule has 1 N–H and O–H groups in total. The van der Waals surface area contributed by atoms with Crippen LogP contribution in [0.4, 0.5) is 11.5 Å². The first kappa shape index (κ1) is 16.3. The van der Waals surface area contributed by atoms with Gasteiger partial charge in [0.15, 0.2) is 0 Å². The minimum absolute atomic E-state index is 0.559. The highest BCUT2D eigenvalue weighted by Crippen LogP contribution is 2.33. The molecule has 1 aromatic carbocycles. The van der Waals surface area contributed by atoms with Crippen molar-refractivity contribution in [2.75, 3.05) is 5.32 Å². The number of para-hydroxylation sites is 1. The molecule has 5 rings (SSSR count). The van der Waals surface area contributed by atoms with Crippen LogP contribution >= 0.6 is 11.6 Å². The molecule has 0 saturated carbocycles. The molecule has 0 amide bonds. The monoisotopic (exact) mass is 375 g/mol. The molecule has 6 heteroatoms. The summed E-state index contributed by atoms with van der Waals surface area (Å²) in [7, 11) is 0. The Hall–Kier alpha value is -2.92. The van der Waals surface area contributed by atoms with Gasteiger partial charge in [-0.2, -0.15) is 0 Å². The van der Waals surface area contributed by atoms with Gasteiger partial charge in [0.2, 0.25) is 0 Å². The predicted octanol–water partition coefficient (Wildman–Crippen LogP) is 5.14. The van der Waals surface area contributed by atoms with Crippen LogP contribution in [0, 0.1) is 6.92 Å². The Bertz CT molecular complexity index is 1150. The molecule has 0 saturated heterocycles. The molecule has 0 aliphatic carbocycles. The molecule has 0 atom stereocenters. The van der Waals surface area contributed by atoms with Gasteiger partial charge in [0.05, 0.1) is 27.9 Å². The highest BCUT2D eigenvalue weighted by Gasteiger charge is 2.19. The Balaban J connectivity index is 1.54. The molecule has 0 bridgehead atoms. The molecule has 4 heterocycles. The van der Waals surface area contributed by atoms with Gasteiger partial charge in [-0.05, 0) is 49.6 Å². The van der Waals surface area contributed by atoms with Gasteiger partial charge in [-0.3, -0.25) is 4.98 Å². The summed E-state index contributed by atoms with van der Waals surface area (Å²) in [5, 5.41) is 3.78. The number of nitrogens with zero attached hydrogens (tertiary/aromatic N) is 4. The zero-order chi connectivity index (χ0) is 18.4. The van der Waals surface area contributed by atoms with Crippen molar-refractivity contribution in [1.82, 2.24) is 19.5 Å². The van der Waals surface area contributed by atoms with Crippen molar-refractivity contribution in [3.05, 3.63) is 65.1 Å². The fourth-order valence-corrected chi connectivity index (χ4v) is 3.87. The minimum Gasteiger partial charge on any atom is -0.338 e. The van der Waals surface area contributed by atoms with Crippen LogP contribution in [0.3, 0.4) is 0 Å². The summed E-state index contributed by atoms with van der Waals surface area (Å²) in [5.74, 6) is 1.54. The van der Waals surface area contributed by atoms with E-state index in [1.165, 1.54) is 11.1 Å². The van der Waals surface area contributed by atoms with Crippen molar-refractivity contribution >= 4 is 34.1 Å². The molecule has 3 aromatic heterocycles. The van der Waals surface area contributed by atoms with E-state index in [-0.39, 0.29) is 0 Å². The van der Waals surface area contributed by atoms with E-state index >= 15 is 0 Å². The second kappa shape index (κ2) is 6.35. The molecule has 1 aliphatic rings. The first-order chi connectivity index (χ1) is 13.2. The largest absolute Gasteiger partial charge is 0.338 e. The average Bonchev–Trinajstić information content (AvgIpc) is 3.06. The van der Waals surface area contributed by atoms with Gasteiger partial charge in [-0.15, -0.1) is 0 Å². The number of hydrogen-bond acceptors (Lipinski definition) is 4. The Labute approximate surface area is 162 Å². The third-order valence-corrected chi connectivity index (χ3v) is 5.24. The lowest BCUT2D eigenvalue weighted by Gasteiger charge is -2.16. The summed E-state index contributed by atoms with van der Waals surface area (Å²) in [6, 6.07) is 12.2. The molecule has 134 valence electrons. The number of nitrogens with one attached hydrogen (secondary N) is 1. The number of hydrogen-bond donors (Lipinski definition) is 1. The number of rotatable bonds is 3. The van der Waals surface area contributed by atoms with Crippen molar-refractivity contribution in [2.45, 2.75) is 26.3 Å². The summed E-state index contributed by atoms with van der Waals surface area (Å²) in [4.78, 5) is 13.7. The summed E-state index contributed by atoms with van der Waals surface area (Å²) in [6.45, 7) is 2.92. The highest BCUT2D eigenvalue weighted by atomic mass is 35.5. The summed E-state index contributed by atoms with van der Waals surface area (Å²) in [6.07, 6.45) is 5.83.